The predicted octanol–water partition coefficient (Wildman–Crippen LogP) is 1.87. The molecule has 1 amide bonds. The Morgan fingerprint density at radius 2 is 2.25 bits per heavy atom. The molecule has 0 saturated heterocycles. The standard InChI is InChI=1S/C14H19N5O/c1-3-5-16-13-4-6-15-9-12(13)14(20)17-7-11-8-18-19-10(11)2/h4,6,8-9H,3,5,7H2,1-2H3,(H,15,16)(H,17,20)(H,18,19). The van der Waals surface area contributed by atoms with Crippen LogP contribution in [0.5, 0.6) is 0 Å². The Morgan fingerprint density at radius 1 is 1.40 bits per heavy atom. The molecule has 0 saturated carbocycles. The van der Waals surface area contributed by atoms with E-state index in [9.17, 15) is 4.79 Å². The number of H-pyrrole nitrogens is 1. The van der Waals surface area contributed by atoms with Crippen molar-refractivity contribution in [2.45, 2.75) is 26.8 Å². The highest BCUT2D eigenvalue weighted by atomic mass is 16.1. The second-order valence-corrected chi connectivity index (χ2v) is 4.55. The van der Waals surface area contributed by atoms with Gasteiger partial charge in [-0.2, -0.15) is 5.10 Å². The van der Waals surface area contributed by atoms with Crippen molar-refractivity contribution in [1.82, 2.24) is 20.5 Å². The first kappa shape index (κ1) is 14.0. The van der Waals surface area contributed by atoms with Crippen LogP contribution < -0.4 is 10.6 Å². The molecule has 0 bridgehead atoms. The molecule has 2 aromatic rings. The summed E-state index contributed by atoms with van der Waals surface area (Å²) in [5.74, 6) is -0.141. The fraction of sp³-hybridized carbons (Fsp3) is 0.357. The van der Waals surface area contributed by atoms with E-state index in [1.54, 1.807) is 18.6 Å². The van der Waals surface area contributed by atoms with Gasteiger partial charge in [0.25, 0.3) is 5.91 Å². The topological polar surface area (TPSA) is 82.7 Å². The van der Waals surface area contributed by atoms with Crippen LogP contribution in [-0.2, 0) is 6.54 Å². The number of anilines is 1. The second-order valence-electron chi connectivity index (χ2n) is 4.55. The van der Waals surface area contributed by atoms with E-state index < -0.39 is 0 Å². The molecule has 0 fully saturated rings. The smallest absolute Gasteiger partial charge is 0.255 e. The van der Waals surface area contributed by atoms with Crippen molar-refractivity contribution in [3.05, 3.63) is 41.5 Å². The average Bonchev–Trinajstić information content (AvgIpc) is 2.88. The number of nitrogens with zero attached hydrogens (tertiary/aromatic N) is 2. The number of hydrogen-bond acceptors (Lipinski definition) is 4. The van der Waals surface area contributed by atoms with Crippen LogP contribution in [0.4, 0.5) is 5.69 Å². The van der Waals surface area contributed by atoms with Crippen LogP contribution in [0, 0.1) is 6.92 Å². The molecule has 0 unspecified atom stereocenters. The number of aryl methyl sites for hydroxylation is 1. The van der Waals surface area contributed by atoms with Crippen molar-refractivity contribution in [2.75, 3.05) is 11.9 Å². The number of amides is 1. The molecule has 0 radical (unpaired) electrons. The monoisotopic (exact) mass is 273 g/mol. The van der Waals surface area contributed by atoms with E-state index in [0.29, 0.717) is 12.1 Å². The molecule has 0 spiro atoms. The Morgan fingerprint density at radius 3 is 2.95 bits per heavy atom. The van der Waals surface area contributed by atoms with Gasteiger partial charge in [0.2, 0.25) is 0 Å². The molecule has 6 heteroatoms. The largest absolute Gasteiger partial charge is 0.384 e. The maximum absolute atomic E-state index is 12.2. The molecule has 0 atom stereocenters. The molecule has 2 aromatic heterocycles. The van der Waals surface area contributed by atoms with E-state index in [0.717, 1.165) is 29.9 Å². The van der Waals surface area contributed by atoms with Crippen LogP contribution in [0.3, 0.4) is 0 Å². The second kappa shape index (κ2) is 6.70. The zero-order valence-corrected chi connectivity index (χ0v) is 11.7. The lowest BCUT2D eigenvalue weighted by atomic mass is 10.2. The Kier molecular flexibility index (Phi) is 4.70. The molecular formula is C14H19N5O. The van der Waals surface area contributed by atoms with Crippen molar-refractivity contribution in [1.29, 1.82) is 0 Å². The van der Waals surface area contributed by atoms with Gasteiger partial charge in [-0.05, 0) is 19.4 Å². The Bertz CT molecular complexity index is 578. The maximum Gasteiger partial charge on any atom is 0.255 e. The van der Waals surface area contributed by atoms with Crippen molar-refractivity contribution in [3.63, 3.8) is 0 Å². The Labute approximate surface area is 118 Å². The number of aromatic nitrogens is 3. The third kappa shape index (κ3) is 3.34. The van der Waals surface area contributed by atoms with Crippen LogP contribution >= 0.6 is 0 Å². The molecule has 6 nitrogen and oxygen atoms in total. The minimum Gasteiger partial charge on any atom is -0.384 e. The minimum atomic E-state index is -0.141. The van der Waals surface area contributed by atoms with Crippen molar-refractivity contribution in [3.8, 4) is 0 Å². The fourth-order valence-corrected chi connectivity index (χ4v) is 1.81. The zero-order valence-electron chi connectivity index (χ0n) is 11.7. The van der Waals surface area contributed by atoms with Crippen LogP contribution in [0.1, 0.15) is 35.0 Å². The quantitative estimate of drug-likeness (QED) is 0.750. The Balaban J connectivity index is 2.03. The Hall–Kier alpha value is -2.37. The van der Waals surface area contributed by atoms with Crippen LogP contribution in [0.15, 0.2) is 24.7 Å². The summed E-state index contributed by atoms with van der Waals surface area (Å²) >= 11 is 0. The lowest BCUT2D eigenvalue weighted by Crippen LogP contribution is -2.24. The highest BCUT2D eigenvalue weighted by Crippen LogP contribution is 2.13. The van der Waals surface area contributed by atoms with Gasteiger partial charge in [0.05, 0.1) is 17.4 Å². The van der Waals surface area contributed by atoms with E-state index in [4.69, 9.17) is 0 Å². The number of hydrogen-bond donors (Lipinski definition) is 3. The van der Waals surface area contributed by atoms with E-state index >= 15 is 0 Å². The van der Waals surface area contributed by atoms with Gasteiger partial charge in [0.15, 0.2) is 0 Å². The van der Waals surface area contributed by atoms with Crippen molar-refractivity contribution in [2.24, 2.45) is 0 Å². The van der Waals surface area contributed by atoms with Gasteiger partial charge in [0, 0.05) is 36.7 Å². The minimum absolute atomic E-state index is 0.141. The van der Waals surface area contributed by atoms with Crippen molar-refractivity contribution >= 4 is 11.6 Å². The molecule has 3 N–H and O–H groups in total. The lowest BCUT2D eigenvalue weighted by Gasteiger charge is -2.11. The first-order valence-corrected chi connectivity index (χ1v) is 6.67. The van der Waals surface area contributed by atoms with Gasteiger partial charge in [-0.3, -0.25) is 14.9 Å². The van der Waals surface area contributed by atoms with Crippen LogP contribution in [0.2, 0.25) is 0 Å². The number of rotatable bonds is 6. The zero-order chi connectivity index (χ0) is 14.4. The van der Waals surface area contributed by atoms with Gasteiger partial charge in [-0.1, -0.05) is 6.92 Å². The van der Waals surface area contributed by atoms with Crippen LogP contribution in [-0.4, -0.2) is 27.6 Å². The molecule has 2 rings (SSSR count). The summed E-state index contributed by atoms with van der Waals surface area (Å²) in [6, 6.07) is 1.81. The molecule has 0 aliphatic rings. The third-order valence-corrected chi connectivity index (χ3v) is 3.00. The fourth-order valence-electron chi connectivity index (χ4n) is 1.81. The van der Waals surface area contributed by atoms with Gasteiger partial charge in [-0.25, -0.2) is 0 Å². The lowest BCUT2D eigenvalue weighted by molar-refractivity contribution is 0.0951. The molecule has 0 aromatic carbocycles. The molecular weight excluding hydrogens is 254 g/mol. The molecule has 0 aliphatic heterocycles. The molecule has 20 heavy (non-hydrogen) atoms. The number of pyridine rings is 1. The highest BCUT2D eigenvalue weighted by Gasteiger charge is 2.11. The summed E-state index contributed by atoms with van der Waals surface area (Å²) in [6.45, 7) is 5.27. The summed E-state index contributed by atoms with van der Waals surface area (Å²) in [7, 11) is 0. The van der Waals surface area contributed by atoms with Gasteiger partial charge in [0.1, 0.15) is 0 Å². The van der Waals surface area contributed by atoms with Gasteiger partial charge >= 0.3 is 0 Å². The highest BCUT2D eigenvalue weighted by molar-refractivity contribution is 5.99. The van der Waals surface area contributed by atoms with Crippen molar-refractivity contribution < 1.29 is 4.79 Å². The van der Waals surface area contributed by atoms with Crippen LogP contribution in [0.25, 0.3) is 0 Å². The first-order chi connectivity index (χ1) is 9.72. The number of carbonyl (C=O) groups excluding carboxylic acids is 1. The normalized spacial score (nSPS) is 10.3. The predicted molar refractivity (Wildman–Crippen MR) is 77.5 cm³/mol. The molecule has 106 valence electrons. The maximum atomic E-state index is 12.2. The van der Waals surface area contributed by atoms with E-state index in [-0.39, 0.29) is 5.91 Å². The third-order valence-electron chi connectivity index (χ3n) is 3.00. The summed E-state index contributed by atoms with van der Waals surface area (Å²) in [4.78, 5) is 16.2. The number of aromatic amines is 1. The van der Waals surface area contributed by atoms with E-state index in [1.165, 1.54) is 0 Å². The average molecular weight is 273 g/mol. The SMILES string of the molecule is CCCNc1ccncc1C(=O)NCc1cn[nH]c1C. The summed E-state index contributed by atoms with van der Waals surface area (Å²) in [5, 5.41) is 12.9. The number of nitrogens with one attached hydrogen (secondary N) is 3. The molecule has 0 aliphatic carbocycles. The summed E-state index contributed by atoms with van der Waals surface area (Å²) in [5.41, 5.74) is 3.30. The number of carbonyl (C=O) groups is 1. The summed E-state index contributed by atoms with van der Waals surface area (Å²) < 4.78 is 0. The summed E-state index contributed by atoms with van der Waals surface area (Å²) in [6.07, 6.45) is 5.97. The van der Waals surface area contributed by atoms with E-state index in [2.05, 4.69) is 32.7 Å². The van der Waals surface area contributed by atoms with Gasteiger partial charge in [-0.15, -0.1) is 0 Å². The molecule has 2 heterocycles. The first-order valence-electron chi connectivity index (χ1n) is 6.67. The van der Waals surface area contributed by atoms with E-state index in [1.807, 2.05) is 13.0 Å². The van der Waals surface area contributed by atoms with Gasteiger partial charge < -0.3 is 10.6 Å².